The molecule has 5 heteroatoms. The highest BCUT2D eigenvalue weighted by atomic mass is 32.4. The molecule has 2 nitrogen and oxygen atoms in total. The van der Waals surface area contributed by atoms with Gasteiger partial charge in [-0.3, -0.25) is 0 Å². The van der Waals surface area contributed by atoms with E-state index in [0.29, 0.717) is 6.61 Å². The van der Waals surface area contributed by atoms with Gasteiger partial charge in [0.25, 0.3) is 0 Å². The Bertz CT molecular complexity index is 924. The van der Waals surface area contributed by atoms with Gasteiger partial charge in [0.05, 0.1) is 11.9 Å². The molecule has 0 amide bonds. The molecular formula is C20H19O2PS2. The van der Waals surface area contributed by atoms with Gasteiger partial charge in [-0.25, -0.2) is 4.79 Å². The van der Waals surface area contributed by atoms with E-state index in [1.54, 1.807) is 11.3 Å². The molecule has 1 atom stereocenters. The van der Waals surface area contributed by atoms with Crippen molar-refractivity contribution in [1.29, 1.82) is 0 Å². The van der Waals surface area contributed by atoms with Crippen molar-refractivity contribution in [1.82, 2.24) is 0 Å². The summed E-state index contributed by atoms with van der Waals surface area (Å²) in [4.78, 5) is 14.2. The number of thiophene rings is 1. The van der Waals surface area contributed by atoms with Gasteiger partial charge in [-0.2, -0.15) is 0 Å². The predicted octanol–water partition coefficient (Wildman–Crippen LogP) is 5.28. The summed E-state index contributed by atoms with van der Waals surface area (Å²) >= 11 is 8.09. The van der Waals surface area contributed by atoms with Gasteiger partial charge in [0.1, 0.15) is 0 Å². The van der Waals surface area contributed by atoms with Crippen LogP contribution in [0.15, 0.2) is 64.3 Å². The Hall–Kier alpha value is -1.48. The van der Waals surface area contributed by atoms with Crippen LogP contribution in [0.5, 0.6) is 0 Å². The van der Waals surface area contributed by atoms with Gasteiger partial charge in [-0.15, -0.1) is 11.3 Å². The molecule has 1 aromatic heterocycles. The summed E-state index contributed by atoms with van der Waals surface area (Å²) in [5, 5.41) is 5.20. The first-order valence-electron chi connectivity index (χ1n) is 8.52. The quantitative estimate of drug-likeness (QED) is 0.528. The van der Waals surface area contributed by atoms with Gasteiger partial charge in [-0.1, -0.05) is 48.2 Å². The SMILES string of the molecule is CCOC(=O)C1=C2CCCC2=C(c2cccs2)P1(=S)c1ccccc1. The molecule has 1 fully saturated rings. The van der Waals surface area contributed by atoms with Crippen molar-refractivity contribution in [3.05, 3.63) is 69.2 Å². The van der Waals surface area contributed by atoms with E-state index in [9.17, 15) is 4.79 Å². The van der Waals surface area contributed by atoms with Crippen LogP contribution in [0.2, 0.25) is 0 Å². The van der Waals surface area contributed by atoms with Crippen LogP contribution in [0.25, 0.3) is 5.31 Å². The molecule has 1 aliphatic heterocycles. The molecule has 1 saturated carbocycles. The highest BCUT2D eigenvalue weighted by Gasteiger charge is 2.46. The Balaban J connectivity index is 2.00. The highest BCUT2D eigenvalue weighted by molar-refractivity contribution is 8.25. The van der Waals surface area contributed by atoms with Gasteiger partial charge in [-0.05, 0) is 54.1 Å². The minimum atomic E-state index is -2.37. The topological polar surface area (TPSA) is 26.3 Å². The summed E-state index contributed by atoms with van der Waals surface area (Å²) in [7, 11) is 0. The van der Waals surface area contributed by atoms with Gasteiger partial charge >= 0.3 is 5.97 Å². The lowest BCUT2D eigenvalue weighted by Crippen LogP contribution is -2.14. The van der Waals surface area contributed by atoms with Gasteiger partial charge in [0.15, 0.2) is 0 Å². The van der Waals surface area contributed by atoms with Crippen molar-refractivity contribution in [2.75, 3.05) is 6.61 Å². The zero-order valence-electron chi connectivity index (χ0n) is 14.0. The third kappa shape index (κ3) is 2.59. The lowest BCUT2D eigenvalue weighted by atomic mass is 10.1. The second-order valence-corrected chi connectivity index (χ2v) is 11.4. The van der Waals surface area contributed by atoms with E-state index in [0.717, 1.165) is 29.9 Å². The van der Waals surface area contributed by atoms with Crippen LogP contribution in [-0.2, 0) is 21.3 Å². The number of allylic oxidation sites excluding steroid dienone is 2. The van der Waals surface area contributed by atoms with Crippen LogP contribution in [0, 0.1) is 0 Å². The number of hydrogen-bond acceptors (Lipinski definition) is 4. The molecule has 2 aromatic rings. The first kappa shape index (κ1) is 17.0. The Morgan fingerprint density at radius 1 is 1.16 bits per heavy atom. The molecule has 1 aromatic carbocycles. The fourth-order valence-electron chi connectivity index (χ4n) is 3.82. The first-order chi connectivity index (χ1) is 12.2. The average Bonchev–Trinajstić information content (AvgIpc) is 3.32. The molecule has 128 valence electrons. The summed E-state index contributed by atoms with van der Waals surface area (Å²) < 4.78 is 5.46. The van der Waals surface area contributed by atoms with Crippen LogP contribution in [-0.4, -0.2) is 12.6 Å². The lowest BCUT2D eigenvalue weighted by molar-refractivity contribution is -0.137. The maximum atomic E-state index is 12.9. The van der Waals surface area contributed by atoms with Crippen molar-refractivity contribution >= 4 is 45.8 Å². The van der Waals surface area contributed by atoms with Crippen molar-refractivity contribution in [2.45, 2.75) is 26.2 Å². The van der Waals surface area contributed by atoms with E-state index in [-0.39, 0.29) is 5.97 Å². The standard InChI is InChI=1S/C20H19O2PS2/c1-2-22-20(21)19-16-11-6-10-15(16)18(17-12-7-13-25-17)23(19,24)14-8-4-3-5-9-14/h3-5,7-9,12-13H,2,6,10-11H2,1H3. The molecular weight excluding hydrogens is 367 g/mol. The molecule has 1 aliphatic carbocycles. The van der Waals surface area contributed by atoms with Crippen LogP contribution in [0.4, 0.5) is 0 Å². The van der Waals surface area contributed by atoms with E-state index in [1.807, 2.05) is 25.1 Å². The fourth-order valence-corrected chi connectivity index (χ4v) is 10.1. The number of rotatable bonds is 4. The molecule has 0 spiro atoms. The second kappa shape index (κ2) is 6.68. The van der Waals surface area contributed by atoms with E-state index in [4.69, 9.17) is 16.5 Å². The van der Waals surface area contributed by atoms with E-state index < -0.39 is 6.04 Å². The van der Waals surface area contributed by atoms with E-state index in [2.05, 4.69) is 29.6 Å². The summed E-state index contributed by atoms with van der Waals surface area (Å²) in [6, 6.07) is 12.0. The lowest BCUT2D eigenvalue weighted by Gasteiger charge is -2.24. The molecule has 2 aliphatic rings. The third-order valence-corrected chi connectivity index (χ3v) is 10.8. The van der Waals surface area contributed by atoms with Gasteiger partial charge < -0.3 is 4.74 Å². The summed E-state index contributed by atoms with van der Waals surface area (Å²) in [5.41, 5.74) is 2.49. The van der Waals surface area contributed by atoms with Gasteiger partial charge in [0, 0.05) is 16.2 Å². The Labute approximate surface area is 157 Å². The maximum absolute atomic E-state index is 12.9. The number of benzene rings is 1. The van der Waals surface area contributed by atoms with Crippen molar-refractivity contribution in [2.24, 2.45) is 0 Å². The Morgan fingerprint density at radius 2 is 1.92 bits per heavy atom. The van der Waals surface area contributed by atoms with Crippen molar-refractivity contribution in [3.63, 3.8) is 0 Å². The monoisotopic (exact) mass is 386 g/mol. The molecule has 0 N–H and O–H groups in total. The number of fused-ring (bicyclic) bond motifs is 1. The van der Waals surface area contributed by atoms with Crippen LogP contribution in [0.3, 0.4) is 0 Å². The fraction of sp³-hybridized carbons (Fsp3) is 0.250. The zero-order chi connectivity index (χ0) is 17.4. The van der Waals surface area contributed by atoms with Crippen molar-refractivity contribution < 1.29 is 9.53 Å². The average molecular weight is 386 g/mol. The van der Waals surface area contributed by atoms with Crippen molar-refractivity contribution in [3.8, 4) is 0 Å². The largest absolute Gasteiger partial charge is 0.462 e. The number of hydrogen-bond donors (Lipinski definition) is 0. The molecule has 0 radical (unpaired) electrons. The molecule has 1 unspecified atom stereocenters. The van der Waals surface area contributed by atoms with E-state index in [1.165, 1.54) is 21.3 Å². The van der Waals surface area contributed by atoms with Gasteiger partial charge in [0.2, 0.25) is 0 Å². The summed E-state index contributed by atoms with van der Waals surface area (Å²) in [6.07, 6.45) is 3.03. The Kier molecular flexibility index (Phi) is 4.53. The summed E-state index contributed by atoms with van der Waals surface area (Å²) in [6.45, 7) is 2.23. The first-order valence-corrected chi connectivity index (χ1v) is 12.2. The molecule has 4 rings (SSSR count). The smallest absolute Gasteiger partial charge is 0.340 e. The second-order valence-electron chi connectivity index (χ2n) is 6.15. The third-order valence-electron chi connectivity index (χ3n) is 4.76. The Morgan fingerprint density at radius 3 is 2.60 bits per heavy atom. The number of carbonyl (C=O) groups is 1. The van der Waals surface area contributed by atoms with E-state index >= 15 is 0 Å². The highest BCUT2D eigenvalue weighted by Crippen LogP contribution is 2.73. The molecule has 0 bridgehead atoms. The normalized spacial score (nSPS) is 22.4. The molecule has 25 heavy (non-hydrogen) atoms. The summed E-state index contributed by atoms with van der Waals surface area (Å²) in [5.74, 6) is -0.212. The molecule has 0 saturated heterocycles. The number of esters is 1. The number of carbonyl (C=O) groups excluding carboxylic acids is 1. The predicted molar refractivity (Wildman–Crippen MR) is 109 cm³/mol. The molecule has 2 heterocycles. The van der Waals surface area contributed by atoms with Crippen LogP contribution < -0.4 is 5.30 Å². The van der Waals surface area contributed by atoms with Crippen LogP contribution >= 0.6 is 17.4 Å². The van der Waals surface area contributed by atoms with Crippen LogP contribution in [0.1, 0.15) is 31.1 Å². The maximum Gasteiger partial charge on any atom is 0.340 e. The number of ether oxygens (including phenoxy) is 1. The minimum Gasteiger partial charge on any atom is -0.462 e. The minimum absolute atomic E-state index is 0.212. The zero-order valence-corrected chi connectivity index (χ0v) is 16.6.